The maximum Gasteiger partial charge on any atom is 0.331 e. The third kappa shape index (κ3) is 2.78. The molecule has 1 aliphatic heterocycles. The van der Waals surface area contributed by atoms with E-state index < -0.39 is 11.2 Å². The van der Waals surface area contributed by atoms with Gasteiger partial charge >= 0.3 is 5.69 Å². The van der Waals surface area contributed by atoms with Gasteiger partial charge in [-0.1, -0.05) is 30.3 Å². The first-order valence-corrected chi connectivity index (χ1v) is 7.84. The number of nitrogens with one attached hydrogen (secondary N) is 1. The molecule has 24 heavy (non-hydrogen) atoms. The lowest BCUT2D eigenvalue weighted by molar-refractivity contribution is 0.0622. The number of aromatic nitrogens is 2. The van der Waals surface area contributed by atoms with Gasteiger partial charge < -0.3 is 10.2 Å². The molecule has 0 spiro atoms. The number of nitrogens with zero attached hydrogens (tertiary/aromatic N) is 3. The van der Waals surface area contributed by atoms with Crippen molar-refractivity contribution in [1.29, 1.82) is 0 Å². The highest BCUT2D eigenvalue weighted by Crippen LogP contribution is 2.23. The van der Waals surface area contributed by atoms with Crippen LogP contribution in [0.5, 0.6) is 0 Å². The molecule has 7 nitrogen and oxygen atoms in total. The maximum atomic E-state index is 13.0. The van der Waals surface area contributed by atoms with Crippen LogP contribution in [0.15, 0.2) is 46.0 Å². The van der Waals surface area contributed by atoms with Crippen LogP contribution < -0.4 is 16.6 Å². The van der Waals surface area contributed by atoms with Crippen LogP contribution >= 0.6 is 0 Å². The van der Waals surface area contributed by atoms with Crippen molar-refractivity contribution in [1.82, 2.24) is 19.4 Å². The molecule has 1 amide bonds. The molecular weight excluding hydrogens is 308 g/mol. The summed E-state index contributed by atoms with van der Waals surface area (Å²) in [4.78, 5) is 38.7. The fourth-order valence-electron chi connectivity index (χ4n) is 3.01. The van der Waals surface area contributed by atoms with Gasteiger partial charge in [-0.15, -0.1) is 0 Å². The number of rotatable bonds is 2. The average molecular weight is 328 g/mol. The summed E-state index contributed by atoms with van der Waals surface area (Å²) < 4.78 is 2.22. The van der Waals surface area contributed by atoms with Gasteiger partial charge in [0.05, 0.1) is 6.04 Å². The van der Waals surface area contributed by atoms with Crippen molar-refractivity contribution in [3.63, 3.8) is 0 Å². The van der Waals surface area contributed by atoms with Crippen molar-refractivity contribution in [3.8, 4) is 0 Å². The summed E-state index contributed by atoms with van der Waals surface area (Å²) in [6.45, 7) is 1.82. The van der Waals surface area contributed by atoms with Crippen LogP contribution in [0.4, 0.5) is 0 Å². The third-order valence-corrected chi connectivity index (χ3v) is 4.43. The molecule has 0 saturated carbocycles. The molecule has 0 bridgehead atoms. The molecule has 0 radical (unpaired) electrons. The van der Waals surface area contributed by atoms with Crippen LogP contribution in [0, 0.1) is 0 Å². The molecule has 2 aromatic rings. The van der Waals surface area contributed by atoms with Gasteiger partial charge in [0.25, 0.3) is 11.5 Å². The second-order valence-corrected chi connectivity index (χ2v) is 5.90. The second kappa shape index (κ2) is 6.45. The molecule has 3 rings (SSSR count). The van der Waals surface area contributed by atoms with Crippen molar-refractivity contribution in [2.75, 3.05) is 19.6 Å². The number of hydrogen-bond acceptors (Lipinski definition) is 4. The number of amides is 1. The standard InChI is InChI=1S/C17H20N4O3/c1-19-13(10-15(22)20(2)17(19)24)16(23)21-9-8-18-11-14(21)12-6-4-3-5-7-12/h3-7,10,14,18H,8-9,11H2,1-2H3/t14-/m1/s1. The molecule has 2 heterocycles. The van der Waals surface area contributed by atoms with Gasteiger partial charge in [-0.3, -0.25) is 18.7 Å². The van der Waals surface area contributed by atoms with E-state index in [-0.39, 0.29) is 17.6 Å². The first-order valence-electron chi connectivity index (χ1n) is 7.84. The summed E-state index contributed by atoms with van der Waals surface area (Å²) in [5.41, 5.74) is 0.155. The van der Waals surface area contributed by atoms with Gasteiger partial charge in [0.2, 0.25) is 0 Å². The van der Waals surface area contributed by atoms with E-state index in [1.807, 2.05) is 30.3 Å². The lowest BCUT2D eigenvalue weighted by Crippen LogP contribution is -2.50. The van der Waals surface area contributed by atoms with Crippen LogP contribution in [-0.2, 0) is 14.1 Å². The average Bonchev–Trinajstić information content (AvgIpc) is 2.63. The normalized spacial score (nSPS) is 17.8. The lowest BCUT2D eigenvalue weighted by Gasteiger charge is -2.36. The van der Waals surface area contributed by atoms with Crippen LogP contribution in [0.2, 0.25) is 0 Å². The summed E-state index contributed by atoms with van der Waals surface area (Å²) >= 11 is 0. The number of hydrogen-bond donors (Lipinski definition) is 1. The molecule has 1 N–H and O–H groups in total. The quantitative estimate of drug-likeness (QED) is 0.833. The van der Waals surface area contributed by atoms with Crippen LogP contribution in [0.25, 0.3) is 0 Å². The third-order valence-electron chi connectivity index (χ3n) is 4.43. The molecule has 0 unspecified atom stereocenters. The van der Waals surface area contributed by atoms with Crippen molar-refractivity contribution in [3.05, 3.63) is 68.5 Å². The highest BCUT2D eigenvalue weighted by Gasteiger charge is 2.30. The molecule has 1 fully saturated rings. The summed E-state index contributed by atoms with van der Waals surface area (Å²) in [7, 11) is 2.91. The Hall–Kier alpha value is -2.67. The van der Waals surface area contributed by atoms with Gasteiger partial charge in [-0.05, 0) is 5.56 Å². The molecule has 1 aromatic heterocycles. The number of benzene rings is 1. The van der Waals surface area contributed by atoms with Crippen LogP contribution in [-0.4, -0.2) is 39.6 Å². The van der Waals surface area contributed by atoms with E-state index in [4.69, 9.17) is 0 Å². The van der Waals surface area contributed by atoms with E-state index in [9.17, 15) is 14.4 Å². The predicted octanol–water partition coefficient (Wildman–Crippen LogP) is -0.129. The molecular formula is C17H20N4O3. The summed E-state index contributed by atoms with van der Waals surface area (Å²) in [5.74, 6) is -0.303. The number of carbonyl (C=O) groups excluding carboxylic acids is 1. The van der Waals surface area contributed by atoms with E-state index in [2.05, 4.69) is 5.32 Å². The zero-order chi connectivity index (χ0) is 17.3. The van der Waals surface area contributed by atoms with Crippen LogP contribution in [0.1, 0.15) is 22.1 Å². The van der Waals surface area contributed by atoms with Crippen molar-refractivity contribution >= 4 is 5.91 Å². The van der Waals surface area contributed by atoms with E-state index in [1.54, 1.807) is 4.90 Å². The highest BCUT2D eigenvalue weighted by molar-refractivity contribution is 5.92. The second-order valence-electron chi connectivity index (χ2n) is 5.90. The fourth-order valence-corrected chi connectivity index (χ4v) is 3.01. The number of piperazine rings is 1. The van der Waals surface area contributed by atoms with Gasteiger partial charge in [0, 0.05) is 39.8 Å². The molecule has 7 heteroatoms. The fraction of sp³-hybridized carbons (Fsp3) is 0.353. The summed E-state index contributed by atoms with van der Waals surface area (Å²) in [5, 5.41) is 3.29. The van der Waals surface area contributed by atoms with E-state index in [0.29, 0.717) is 19.6 Å². The van der Waals surface area contributed by atoms with Crippen LogP contribution in [0.3, 0.4) is 0 Å². The van der Waals surface area contributed by atoms with Gasteiger partial charge in [-0.25, -0.2) is 4.79 Å². The minimum Gasteiger partial charge on any atom is -0.328 e. The monoisotopic (exact) mass is 328 g/mol. The Labute approximate surface area is 139 Å². The molecule has 0 aliphatic carbocycles. The van der Waals surface area contributed by atoms with Crippen molar-refractivity contribution in [2.45, 2.75) is 6.04 Å². The maximum absolute atomic E-state index is 13.0. The first kappa shape index (κ1) is 16.2. The Morgan fingerprint density at radius 2 is 1.83 bits per heavy atom. The van der Waals surface area contributed by atoms with E-state index in [1.165, 1.54) is 24.7 Å². The Kier molecular flexibility index (Phi) is 4.35. The SMILES string of the molecule is Cn1c(C(=O)N2CCNC[C@@H]2c2ccccc2)cc(=O)n(C)c1=O. The molecule has 1 aliphatic rings. The zero-order valence-corrected chi connectivity index (χ0v) is 13.7. The Bertz CT molecular complexity index is 870. The largest absolute Gasteiger partial charge is 0.331 e. The van der Waals surface area contributed by atoms with Gasteiger partial charge in [0.1, 0.15) is 5.69 Å². The minimum atomic E-state index is -0.503. The Balaban J connectivity index is 2.02. The first-order chi connectivity index (χ1) is 11.5. The van der Waals surface area contributed by atoms with E-state index in [0.717, 1.165) is 10.1 Å². The zero-order valence-electron chi connectivity index (χ0n) is 13.7. The van der Waals surface area contributed by atoms with Crippen molar-refractivity contribution < 1.29 is 4.79 Å². The smallest absolute Gasteiger partial charge is 0.328 e. The summed E-state index contributed by atoms with van der Waals surface area (Å²) in [6.07, 6.45) is 0. The van der Waals surface area contributed by atoms with E-state index >= 15 is 0 Å². The molecule has 1 saturated heterocycles. The predicted molar refractivity (Wildman–Crippen MR) is 90.0 cm³/mol. The number of carbonyl (C=O) groups is 1. The molecule has 1 atom stereocenters. The van der Waals surface area contributed by atoms with Gasteiger partial charge in [0.15, 0.2) is 0 Å². The lowest BCUT2D eigenvalue weighted by atomic mass is 10.0. The highest BCUT2D eigenvalue weighted by atomic mass is 16.2. The molecule has 1 aromatic carbocycles. The minimum absolute atomic E-state index is 0.117. The van der Waals surface area contributed by atoms with Gasteiger partial charge in [-0.2, -0.15) is 0 Å². The Morgan fingerprint density at radius 1 is 1.12 bits per heavy atom. The van der Waals surface area contributed by atoms with Crippen molar-refractivity contribution in [2.24, 2.45) is 14.1 Å². The summed E-state index contributed by atoms with van der Waals surface area (Å²) in [6, 6.07) is 10.8. The Morgan fingerprint density at radius 3 is 2.54 bits per heavy atom. The molecule has 126 valence electrons. The topological polar surface area (TPSA) is 76.3 Å².